The number of benzene rings is 1. The molecule has 2 N–H and O–H groups in total. The van der Waals surface area contributed by atoms with E-state index in [9.17, 15) is 4.79 Å². The molecule has 0 atom stereocenters. The molecule has 5 heteroatoms. The Kier molecular flexibility index (Phi) is 2.07. The van der Waals surface area contributed by atoms with Gasteiger partial charge in [-0.05, 0) is 25.1 Å². The molecule has 0 saturated heterocycles. The number of aryl methyl sites for hydroxylation is 2. The van der Waals surface area contributed by atoms with Crippen LogP contribution < -0.4 is 5.32 Å². The molecule has 0 unspecified atom stereocenters. The fraction of sp³-hybridized carbons (Fsp3) is 0.200. The first-order chi connectivity index (χ1) is 7.08. The van der Waals surface area contributed by atoms with E-state index >= 15 is 0 Å². The van der Waals surface area contributed by atoms with E-state index in [4.69, 9.17) is 5.11 Å². The molecule has 78 valence electrons. The molecule has 1 amide bonds. The molecule has 0 aliphatic carbocycles. The van der Waals surface area contributed by atoms with Gasteiger partial charge in [0.25, 0.3) is 0 Å². The molecule has 5 nitrogen and oxygen atoms in total. The first kappa shape index (κ1) is 9.51. The smallest absolute Gasteiger partial charge is 0.409 e. The van der Waals surface area contributed by atoms with Crippen molar-refractivity contribution in [3.8, 4) is 0 Å². The fourth-order valence-corrected chi connectivity index (χ4v) is 1.52. The number of anilines is 1. The van der Waals surface area contributed by atoms with E-state index in [1.165, 1.54) is 0 Å². The first-order valence-corrected chi connectivity index (χ1v) is 4.51. The average Bonchev–Trinajstić information content (AvgIpc) is 2.41. The predicted octanol–water partition coefficient (Wildman–Crippen LogP) is 1.97. The number of imidazole rings is 1. The van der Waals surface area contributed by atoms with E-state index in [2.05, 4.69) is 10.3 Å². The number of carboxylic acid groups (broad SMARTS) is 1. The third-order valence-corrected chi connectivity index (χ3v) is 2.36. The van der Waals surface area contributed by atoms with Crippen molar-refractivity contribution in [2.24, 2.45) is 7.05 Å². The monoisotopic (exact) mass is 205 g/mol. The van der Waals surface area contributed by atoms with Crippen LogP contribution in [0.15, 0.2) is 18.2 Å². The van der Waals surface area contributed by atoms with Gasteiger partial charge in [0.15, 0.2) is 0 Å². The highest BCUT2D eigenvalue weighted by Gasteiger charge is 2.05. The number of amides is 1. The predicted molar refractivity (Wildman–Crippen MR) is 57.1 cm³/mol. The number of nitrogens with zero attached hydrogens (tertiary/aromatic N) is 2. The van der Waals surface area contributed by atoms with Gasteiger partial charge in [-0.2, -0.15) is 0 Å². The second-order valence-corrected chi connectivity index (χ2v) is 3.35. The zero-order valence-electron chi connectivity index (χ0n) is 8.48. The molecule has 0 fully saturated rings. The molecular formula is C10H11N3O2. The van der Waals surface area contributed by atoms with Crippen molar-refractivity contribution in [3.63, 3.8) is 0 Å². The summed E-state index contributed by atoms with van der Waals surface area (Å²) in [5.74, 6) is 0.900. The lowest BCUT2D eigenvalue weighted by Gasteiger charge is -2.00. The van der Waals surface area contributed by atoms with Crippen LogP contribution in [0.3, 0.4) is 0 Å². The van der Waals surface area contributed by atoms with E-state index in [0.717, 1.165) is 16.9 Å². The van der Waals surface area contributed by atoms with E-state index in [1.807, 2.05) is 24.6 Å². The second kappa shape index (κ2) is 3.27. The van der Waals surface area contributed by atoms with Gasteiger partial charge in [0.1, 0.15) is 5.82 Å². The normalized spacial score (nSPS) is 10.5. The third-order valence-electron chi connectivity index (χ3n) is 2.36. The lowest BCUT2D eigenvalue weighted by Crippen LogP contribution is -2.06. The summed E-state index contributed by atoms with van der Waals surface area (Å²) in [6.45, 7) is 1.91. The van der Waals surface area contributed by atoms with Crippen LogP contribution in [0, 0.1) is 6.92 Å². The van der Waals surface area contributed by atoms with Gasteiger partial charge in [-0.3, -0.25) is 5.32 Å². The largest absolute Gasteiger partial charge is 0.465 e. The fourth-order valence-electron chi connectivity index (χ4n) is 1.52. The summed E-state index contributed by atoms with van der Waals surface area (Å²) in [6.07, 6.45) is -1.07. The van der Waals surface area contributed by atoms with Crippen molar-refractivity contribution >= 4 is 22.8 Å². The van der Waals surface area contributed by atoms with Crippen molar-refractivity contribution in [1.29, 1.82) is 0 Å². The molecule has 0 spiro atoms. The highest BCUT2D eigenvalue weighted by Crippen LogP contribution is 2.19. The van der Waals surface area contributed by atoms with E-state index in [1.54, 1.807) is 12.1 Å². The standard InChI is InChI=1S/C10H11N3O2/c1-6-11-8-5-7(12-10(14)15)3-4-9(8)13(6)2/h3-5,12H,1-2H3,(H,14,15). The van der Waals surface area contributed by atoms with Crippen LogP contribution >= 0.6 is 0 Å². The Morgan fingerprint density at radius 1 is 1.53 bits per heavy atom. The Balaban J connectivity index is 2.52. The maximum absolute atomic E-state index is 10.4. The van der Waals surface area contributed by atoms with Gasteiger partial charge in [0.2, 0.25) is 0 Å². The van der Waals surface area contributed by atoms with Gasteiger partial charge >= 0.3 is 6.09 Å². The van der Waals surface area contributed by atoms with Gasteiger partial charge in [0.05, 0.1) is 11.0 Å². The number of hydrogen-bond acceptors (Lipinski definition) is 2. The van der Waals surface area contributed by atoms with Crippen LogP contribution in [0.2, 0.25) is 0 Å². The van der Waals surface area contributed by atoms with Crippen LogP contribution in [0.1, 0.15) is 5.82 Å². The maximum Gasteiger partial charge on any atom is 0.409 e. The minimum atomic E-state index is -1.07. The van der Waals surface area contributed by atoms with Gasteiger partial charge in [-0.15, -0.1) is 0 Å². The molecule has 1 heterocycles. The minimum Gasteiger partial charge on any atom is -0.465 e. The number of hydrogen-bond donors (Lipinski definition) is 2. The summed E-state index contributed by atoms with van der Waals surface area (Å²) in [5, 5.41) is 10.9. The molecule has 0 aliphatic rings. The molecule has 0 aliphatic heterocycles. The van der Waals surface area contributed by atoms with Gasteiger partial charge < -0.3 is 9.67 Å². The molecule has 1 aromatic heterocycles. The lowest BCUT2D eigenvalue weighted by molar-refractivity contribution is 0.210. The van der Waals surface area contributed by atoms with Crippen molar-refractivity contribution in [2.75, 3.05) is 5.32 Å². The van der Waals surface area contributed by atoms with E-state index in [-0.39, 0.29) is 0 Å². The van der Waals surface area contributed by atoms with Crippen molar-refractivity contribution in [1.82, 2.24) is 9.55 Å². The molecule has 2 rings (SSSR count). The molecule has 2 aromatic rings. The average molecular weight is 205 g/mol. The lowest BCUT2D eigenvalue weighted by atomic mass is 10.3. The van der Waals surface area contributed by atoms with Crippen molar-refractivity contribution in [3.05, 3.63) is 24.0 Å². The maximum atomic E-state index is 10.4. The van der Waals surface area contributed by atoms with Gasteiger partial charge in [0, 0.05) is 12.7 Å². The summed E-state index contributed by atoms with van der Waals surface area (Å²) in [7, 11) is 1.93. The van der Waals surface area contributed by atoms with E-state index in [0.29, 0.717) is 5.69 Å². The highest BCUT2D eigenvalue weighted by molar-refractivity contribution is 5.87. The molecule has 0 saturated carbocycles. The summed E-state index contributed by atoms with van der Waals surface area (Å²) >= 11 is 0. The second-order valence-electron chi connectivity index (χ2n) is 3.35. The molecule has 0 bridgehead atoms. The van der Waals surface area contributed by atoms with Gasteiger partial charge in [-0.1, -0.05) is 0 Å². The van der Waals surface area contributed by atoms with Crippen LogP contribution in [0.5, 0.6) is 0 Å². The van der Waals surface area contributed by atoms with Crippen molar-refractivity contribution in [2.45, 2.75) is 6.92 Å². The number of fused-ring (bicyclic) bond motifs is 1. The van der Waals surface area contributed by atoms with E-state index < -0.39 is 6.09 Å². The minimum absolute atomic E-state index is 0.535. The van der Waals surface area contributed by atoms with Crippen molar-refractivity contribution < 1.29 is 9.90 Å². The Bertz CT molecular complexity index is 531. The van der Waals surface area contributed by atoms with Crippen LogP contribution in [0.25, 0.3) is 11.0 Å². The number of aromatic nitrogens is 2. The first-order valence-electron chi connectivity index (χ1n) is 4.51. The zero-order valence-corrected chi connectivity index (χ0v) is 8.48. The molecule has 15 heavy (non-hydrogen) atoms. The summed E-state index contributed by atoms with van der Waals surface area (Å²) in [6, 6.07) is 5.29. The number of carbonyl (C=O) groups is 1. The quantitative estimate of drug-likeness (QED) is 0.747. The topological polar surface area (TPSA) is 67.2 Å². The van der Waals surface area contributed by atoms with Crippen LogP contribution in [0.4, 0.5) is 10.5 Å². The Labute approximate surface area is 86.4 Å². The molecule has 0 radical (unpaired) electrons. The Hall–Kier alpha value is -2.04. The SMILES string of the molecule is Cc1nc2cc(NC(=O)O)ccc2n1C. The summed E-state index contributed by atoms with van der Waals surface area (Å²) in [5.41, 5.74) is 2.32. The van der Waals surface area contributed by atoms with Gasteiger partial charge in [-0.25, -0.2) is 9.78 Å². The third kappa shape index (κ3) is 1.63. The molecule has 1 aromatic carbocycles. The summed E-state index contributed by atoms with van der Waals surface area (Å²) < 4.78 is 1.96. The number of nitrogens with one attached hydrogen (secondary N) is 1. The van der Waals surface area contributed by atoms with Crippen LogP contribution in [-0.4, -0.2) is 20.8 Å². The highest BCUT2D eigenvalue weighted by atomic mass is 16.4. The zero-order chi connectivity index (χ0) is 11.0. The van der Waals surface area contributed by atoms with Crippen LogP contribution in [-0.2, 0) is 7.05 Å². The Morgan fingerprint density at radius 3 is 2.93 bits per heavy atom. The molecular weight excluding hydrogens is 194 g/mol. The summed E-state index contributed by atoms with van der Waals surface area (Å²) in [4.78, 5) is 14.8. The number of rotatable bonds is 1. The Morgan fingerprint density at radius 2 is 2.27 bits per heavy atom.